The fourth-order valence-electron chi connectivity index (χ4n) is 4.50. The normalized spacial score (nSPS) is 17.6. The number of fused-ring (bicyclic) bond motifs is 2. The highest BCUT2D eigenvalue weighted by Crippen LogP contribution is 2.27. The molecule has 1 atom stereocenters. The molecule has 4 aromatic rings. The SMILES string of the molecule is COc1ccc2cc(C(=O)C3CCCN(Cc4c(C)nc5sccn45)C3)ccc2c1. The van der Waals surface area contributed by atoms with Crippen LogP contribution in [0.2, 0.25) is 0 Å². The van der Waals surface area contributed by atoms with Gasteiger partial charge in [0, 0.05) is 36.1 Å². The van der Waals surface area contributed by atoms with Crippen LogP contribution in [0.1, 0.15) is 34.6 Å². The molecule has 0 radical (unpaired) electrons. The first-order chi connectivity index (χ1) is 14.6. The Hall–Kier alpha value is -2.70. The number of nitrogens with zero attached hydrogens (tertiary/aromatic N) is 3. The Balaban J connectivity index is 1.34. The molecule has 1 aliphatic heterocycles. The summed E-state index contributed by atoms with van der Waals surface area (Å²) >= 11 is 1.66. The van der Waals surface area contributed by atoms with Gasteiger partial charge in [-0.05, 0) is 55.3 Å². The van der Waals surface area contributed by atoms with Crippen molar-refractivity contribution in [1.82, 2.24) is 14.3 Å². The van der Waals surface area contributed by atoms with Gasteiger partial charge in [0.2, 0.25) is 0 Å². The lowest BCUT2D eigenvalue weighted by atomic mass is 9.89. The lowest BCUT2D eigenvalue weighted by molar-refractivity contribution is 0.0810. The third kappa shape index (κ3) is 3.50. The number of hydrogen-bond acceptors (Lipinski definition) is 5. The van der Waals surface area contributed by atoms with Crippen molar-refractivity contribution < 1.29 is 9.53 Å². The van der Waals surface area contributed by atoms with Gasteiger partial charge in [0.25, 0.3) is 0 Å². The molecule has 1 fully saturated rings. The molecule has 6 heteroatoms. The van der Waals surface area contributed by atoms with E-state index >= 15 is 0 Å². The summed E-state index contributed by atoms with van der Waals surface area (Å²) in [6.07, 6.45) is 4.09. The molecule has 1 saturated heterocycles. The van der Waals surface area contributed by atoms with Gasteiger partial charge in [-0.2, -0.15) is 0 Å². The van der Waals surface area contributed by atoms with Crippen molar-refractivity contribution in [3.63, 3.8) is 0 Å². The predicted molar refractivity (Wildman–Crippen MR) is 121 cm³/mol. The predicted octanol–water partition coefficient (Wildman–Crippen LogP) is 4.96. The molecule has 1 unspecified atom stereocenters. The smallest absolute Gasteiger partial charge is 0.194 e. The third-order valence-corrected chi connectivity index (χ3v) is 6.90. The largest absolute Gasteiger partial charge is 0.497 e. The summed E-state index contributed by atoms with van der Waals surface area (Å²) in [5, 5.41) is 4.24. The molecule has 5 rings (SSSR count). The lowest BCUT2D eigenvalue weighted by Gasteiger charge is -2.32. The number of aryl methyl sites for hydroxylation is 1. The van der Waals surface area contributed by atoms with E-state index in [9.17, 15) is 4.79 Å². The van der Waals surface area contributed by atoms with E-state index in [1.165, 1.54) is 5.69 Å². The summed E-state index contributed by atoms with van der Waals surface area (Å²) in [7, 11) is 1.67. The molecule has 5 nitrogen and oxygen atoms in total. The standard InChI is InChI=1S/C24H25N3O2S/c1-16-22(27-10-11-30-24(27)25-16)15-26-9-3-4-20(14-26)23(28)19-6-5-18-13-21(29-2)8-7-17(18)12-19/h5-8,10-13,20H,3-4,9,14-15H2,1-2H3. The highest BCUT2D eigenvalue weighted by atomic mass is 32.1. The molecule has 0 N–H and O–H groups in total. The Morgan fingerprint density at radius 2 is 2.07 bits per heavy atom. The highest BCUT2D eigenvalue weighted by molar-refractivity contribution is 7.15. The van der Waals surface area contributed by atoms with E-state index in [0.29, 0.717) is 0 Å². The van der Waals surface area contributed by atoms with Crippen molar-refractivity contribution in [2.24, 2.45) is 5.92 Å². The zero-order valence-corrected chi connectivity index (χ0v) is 18.1. The van der Waals surface area contributed by atoms with E-state index in [1.54, 1.807) is 18.4 Å². The van der Waals surface area contributed by atoms with Crippen molar-refractivity contribution >= 4 is 32.9 Å². The van der Waals surface area contributed by atoms with Gasteiger partial charge in [0.05, 0.1) is 18.5 Å². The number of rotatable bonds is 5. The maximum atomic E-state index is 13.3. The number of ketones is 1. The van der Waals surface area contributed by atoms with E-state index in [2.05, 4.69) is 32.8 Å². The van der Waals surface area contributed by atoms with E-state index < -0.39 is 0 Å². The lowest BCUT2D eigenvalue weighted by Crippen LogP contribution is -2.38. The minimum Gasteiger partial charge on any atom is -0.497 e. The number of imidazole rings is 1. The van der Waals surface area contributed by atoms with Gasteiger partial charge in [0.1, 0.15) is 5.75 Å². The number of piperidine rings is 1. The van der Waals surface area contributed by atoms with Gasteiger partial charge < -0.3 is 4.74 Å². The molecule has 0 spiro atoms. The maximum Gasteiger partial charge on any atom is 0.194 e. The van der Waals surface area contributed by atoms with Crippen LogP contribution in [0.15, 0.2) is 48.0 Å². The number of likely N-dealkylation sites (tertiary alicyclic amines) is 1. The molecule has 154 valence electrons. The summed E-state index contributed by atoms with van der Waals surface area (Å²) in [6, 6.07) is 12.0. The summed E-state index contributed by atoms with van der Waals surface area (Å²) in [4.78, 5) is 21.4. The fourth-order valence-corrected chi connectivity index (χ4v) is 5.27. The number of hydrogen-bond donors (Lipinski definition) is 0. The van der Waals surface area contributed by atoms with Crippen molar-refractivity contribution in [3.05, 3.63) is 64.9 Å². The van der Waals surface area contributed by atoms with Crippen LogP contribution in [0.4, 0.5) is 0 Å². The molecular weight excluding hydrogens is 394 g/mol. The highest BCUT2D eigenvalue weighted by Gasteiger charge is 2.27. The number of aromatic nitrogens is 2. The van der Waals surface area contributed by atoms with Crippen LogP contribution in [0.25, 0.3) is 15.7 Å². The molecule has 0 saturated carbocycles. The Morgan fingerprint density at radius 1 is 1.23 bits per heavy atom. The molecule has 0 amide bonds. The number of Topliss-reactive ketones (excluding diaryl/α,β-unsaturated/α-hetero) is 1. The number of carbonyl (C=O) groups is 1. The van der Waals surface area contributed by atoms with E-state index in [1.807, 2.05) is 36.4 Å². The topological polar surface area (TPSA) is 46.8 Å². The Kier molecular flexibility index (Phi) is 5.05. The summed E-state index contributed by atoms with van der Waals surface area (Å²) in [6.45, 7) is 4.74. The number of thiazole rings is 1. The first-order valence-corrected chi connectivity index (χ1v) is 11.3. The maximum absolute atomic E-state index is 13.3. The van der Waals surface area contributed by atoms with Crippen LogP contribution in [0.5, 0.6) is 5.75 Å². The van der Waals surface area contributed by atoms with Crippen molar-refractivity contribution in [2.45, 2.75) is 26.3 Å². The van der Waals surface area contributed by atoms with Crippen LogP contribution >= 0.6 is 11.3 Å². The van der Waals surface area contributed by atoms with Crippen LogP contribution in [-0.4, -0.2) is 40.3 Å². The van der Waals surface area contributed by atoms with Gasteiger partial charge in [-0.3, -0.25) is 14.1 Å². The molecule has 1 aliphatic rings. The van der Waals surface area contributed by atoms with Crippen LogP contribution in [0.3, 0.4) is 0 Å². The number of carbonyl (C=O) groups excluding carboxylic acids is 1. The second kappa shape index (κ2) is 7.85. The van der Waals surface area contributed by atoms with Gasteiger partial charge in [-0.15, -0.1) is 11.3 Å². The van der Waals surface area contributed by atoms with Crippen LogP contribution in [0, 0.1) is 12.8 Å². The van der Waals surface area contributed by atoms with Gasteiger partial charge >= 0.3 is 0 Å². The van der Waals surface area contributed by atoms with E-state index in [-0.39, 0.29) is 11.7 Å². The van der Waals surface area contributed by atoms with Crippen LogP contribution < -0.4 is 4.74 Å². The number of methoxy groups -OCH3 is 1. The minimum absolute atomic E-state index is 0.0423. The van der Waals surface area contributed by atoms with Crippen molar-refractivity contribution in [1.29, 1.82) is 0 Å². The first kappa shape index (κ1) is 19.3. The average molecular weight is 420 g/mol. The molecular formula is C24H25N3O2S. The van der Waals surface area contributed by atoms with Gasteiger partial charge in [-0.1, -0.05) is 18.2 Å². The Labute approximate surface area is 179 Å². The summed E-state index contributed by atoms with van der Waals surface area (Å²) < 4.78 is 7.49. The minimum atomic E-state index is 0.0423. The monoisotopic (exact) mass is 419 g/mol. The first-order valence-electron chi connectivity index (χ1n) is 10.4. The zero-order valence-electron chi connectivity index (χ0n) is 17.3. The van der Waals surface area contributed by atoms with Crippen LogP contribution in [-0.2, 0) is 6.54 Å². The third-order valence-electron chi connectivity index (χ3n) is 6.14. The number of benzene rings is 2. The zero-order chi connectivity index (χ0) is 20.7. The van der Waals surface area contributed by atoms with E-state index in [0.717, 1.165) is 65.2 Å². The second-order valence-electron chi connectivity index (χ2n) is 8.07. The Morgan fingerprint density at radius 3 is 2.93 bits per heavy atom. The van der Waals surface area contributed by atoms with Gasteiger partial charge in [0.15, 0.2) is 10.7 Å². The molecule has 2 aromatic heterocycles. The average Bonchev–Trinajstić information content (AvgIpc) is 3.34. The molecule has 3 heterocycles. The molecule has 2 aromatic carbocycles. The number of ether oxygens (including phenoxy) is 1. The molecule has 30 heavy (non-hydrogen) atoms. The summed E-state index contributed by atoms with van der Waals surface area (Å²) in [5.74, 6) is 1.13. The molecule has 0 bridgehead atoms. The Bertz CT molecular complexity index is 1230. The molecule has 0 aliphatic carbocycles. The fraction of sp³-hybridized carbons (Fsp3) is 0.333. The van der Waals surface area contributed by atoms with Gasteiger partial charge in [-0.25, -0.2) is 4.98 Å². The second-order valence-corrected chi connectivity index (χ2v) is 8.94. The van der Waals surface area contributed by atoms with E-state index in [4.69, 9.17) is 4.74 Å². The summed E-state index contributed by atoms with van der Waals surface area (Å²) in [5.41, 5.74) is 3.12. The van der Waals surface area contributed by atoms with Crippen molar-refractivity contribution in [2.75, 3.05) is 20.2 Å². The van der Waals surface area contributed by atoms with Crippen molar-refractivity contribution in [3.8, 4) is 5.75 Å². The quantitative estimate of drug-likeness (QED) is 0.429.